The van der Waals surface area contributed by atoms with E-state index >= 15 is 0 Å². The van der Waals surface area contributed by atoms with Gasteiger partial charge in [0.25, 0.3) is 0 Å². The van der Waals surface area contributed by atoms with Crippen LogP contribution in [0.1, 0.15) is 31.9 Å². The topological polar surface area (TPSA) is 85.9 Å². The molecule has 0 bridgehead atoms. The van der Waals surface area contributed by atoms with Gasteiger partial charge in [0.2, 0.25) is 0 Å². The highest BCUT2D eigenvalue weighted by atomic mass is 19.1. The Morgan fingerprint density at radius 1 is 1.15 bits per heavy atom. The molecule has 0 saturated heterocycles. The van der Waals surface area contributed by atoms with E-state index in [-0.39, 0.29) is 5.56 Å². The first-order valence-corrected chi connectivity index (χ1v) is 8.40. The van der Waals surface area contributed by atoms with Crippen molar-refractivity contribution < 1.29 is 13.9 Å². The molecule has 6 heteroatoms. The lowest BCUT2D eigenvalue weighted by Gasteiger charge is -2.21. The summed E-state index contributed by atoms with van der Waals surface area (Å²) in [6.45, 7) is 5.25. The first-order chi connectivity index (χ1) is 12.7. The number of amides is 1. The minimum Gasteiger partial charge on any atom is -0.444 e. The van der Waals surface area contributed by atoms with Crippen LogP contribution >= 0.6 is 0 Å². The van der Waals surface area contributed by atoms with Gasteiger partial charge in [-0.2, -0.15) is 10.5 Å². The average Bonchev–Trinajstić information content (AvgIpc) is 2.60. The molecule has 0 aromatic heterocycles. The number of rotatable bonds is 4. The Morgan fingerprint density at radius 3 is 2.30 bits per heavy atom. The third-order valence-electron chi connectivity index (χ3n) is 3.66. The number of nitrogens with zero attached hydrogens (tertiary/aromatic N) is 2. The first-order valence-electron chi connectivity index (χ1n) is 8.40. The molecule has 2 rings (SSSR count). The Hall–Kier alpha value is -3.38. The van der Waals surface area contributed by atoms with Crippen LogP contribution in [0.4, 0.5) is 9.18 Å². The molecular formula is C21H20FN3O2. The zero-order chi connectivity index (χ0) is 20.0. The van der Waals surface area contributed by atoms with Crippen molar-refractivity contribution in [3.05, 3.63) is 59.4 Å². The van der Waals surface area contributed by atoms with Crippen LogP contribution in [0.3, 0.4) is 0 Å². The molecule has 5 nitrogen and oxygen atoms in total. The second-order valence-electron chi connectivity index (χ2n) is 7.04. The van der Waals surface area contributed by atoms with Crippen molar-refractivity contribution in [3.63, 3.8) is 0 Å². The predicted molar refractivity (Wildman–Crippen MR) is 99.0 cm³/mol. The molecule has 2 aromatic carbocycles. The van der Waals surface area contributed by atoms with Gasteiger partial charge in [-0.25, -0.2) is 9.18 Å². The second kappa shape index (κ2) is 8.33. The quantitative estimate of drug-likeness (QED) is 0.874. The van der Waals surface area contributed by atoms with Gasteiger partial charge in [-0.3, -0.25) is 0 Å². The molecule has 0 fully saturated rings. The summed E-state index contributed by atoms with van der Waals surface area (Å²) >= 11 is 0. The van der Waals surface area contributed by atoms with Crippen LogP contribution in [0, 0.1) is 28.5 Å². The number of alkyl carbamates (subject to hydrolysis) is 1. The SMILES string of the molecule is CC(C)(C)OC(=O)NC(C#N)Cc1ccc(-c2ccc(C#N)c(F)c2)cc1. The molecular weight excluding hydrogens is 345 g/mol. The number of carbonyl (C=O) groups excluding carboxylic acids is 1. The Bertz CT molecular complexity index is 903. The summed E-state index contributed by atoms with van der Waals surface area (Å²) in [4.78, 5) is 11.8. The number of halogens is 1. The number of ether oxygens (including phenoxy) is 1. The summed E-state index contributed by atoms with van der Waals surface area (Å²) in [7, 11) is 0. The summed E-state index contributed by atoms with van der Waals surface area (Å²) in [5, 5.41) is 20.6. The summed E-state index contributed by atoms with van der Waals surface area (Å²) in [6, 6.07) is 14.8. The Labute approximate surface area is 158 Å². The number of carbonyl (C=O) groups is 1. The van der Waals surface area contributed by atoms with Gasteiger partial charge in [-0.15, -0.1) is 0 Å². The summed E-state index contributed by atoms with van der Waals surface area (Å²) < 4.78 is 18.9. The van der Waals surface area contributed by atoms with Crippen molar-refractivity contribution in [2.45, 2.75) is 38.8 Å². The van der Waals surface area contributed by atoms with Gasteiger partial charge in [-0.05, 0) is 49.6 Å². The third-order valence-corrected chi connectivity index (χ3v) is 3.66. The van der Waals surface area contributed by atoms with Crippen LogP contribution in [0.15, 0.2) is 42.5 Å². The second-order valence-corrected chi connectivity index (χ2v) is 7.04. The molecule has 0 heterocycles. The zero-order valence-corrected chi connectivity index (χ0v) is 15.4. The Balaban J connectivity index is 2.06. The fraction of sp³-hybridized carbons (Fsp3) is 0.286. The molecule has 0 aliphatic heterocycles. The minimum atomic E-state index is -0.724. The zero-order valence-electron chi connectivity index (χ0n) is 15.4. The molecule has 1 amide bonds. The van der Waals surface area contributed by atoms with Crippen LogP contribution in [-0.2, 0) is 11.2 Å². The number of hydrogen-bond acceptors (Lipinski definition) is 4. The van der Waals surface area contributed by atoms with Gasteiger partial charge in [-0.1, -0.05) is 30.3 Å². The largest absolute Gasteiger partial charge is 0.444 e. The molecule has 27 heavy (non-hydrogen) atoms. The van der Waals surface area contributed by atoms with Crippen molar-refractivity contribution in [1.29, 1.82) is 10.5 Å². The highest BCUT2D eigenvalue weighted by Crippen LogP contribution is 2.22. The number of nitriles is 2. The van der Waals surface area contributed by atoms with Gasteiger partial charge in [0.1, 0.15) is 23.5 Å². The average molecular weight is 365 g/mol. The van der Waals surface area contributed by atoms with Gasteiger partial charge in [0, 0.05) is 6.42 Å². The van der Waals surface area contributed by atoms with Crippen LogP contribution in [-0.4, -0.2) is 17.7 Å². The minimum absolute atomic E-state index is 0.000416. The van der Waals surface area contributed by atoms with Crippen LogP contribution in [0.5, 0.6) is 0 Å². The van der Waals surface area contributed by atoms with E-state index in [0.717, 1.165) is 11.1 Å². The third kappa shape index (κ3) is 5.83. The lowest BCUT2D eigenvalue weighted by atomic mass is 10.00. The summed E-state index contributed by atoms with van der Waals surface area (Å²) in [5.74, 6) is -0.565. The molecule has 0 radical (unpaired) electrons. The Morgan fingerprint density at radius 2 is 1.78 bits per heavy atom. The van der Waals surface area contributed by atoms with Crippen molar-refractivity contribution in [1.82, 2.24) is 5.32 Å². The molecule has 138 valence electrons. The van der Waals surface area contributed by atoms with Gasteiger partial charge < -0.3 is 10.1 Å². The number of hydrogen-bond donors (Lipinski definition) is 1. The van der Waals surface area contributed by atoms with E-state index in [1.54, 1.807) is 45.0 Å². The lowest BCUT2D eigenvalue weighted by molar-refractivity contribution is 0.0516. The highest BCUT2D eigenvalue weighted by Gasteiger charge is 2.19. The van der Waals surface area contributed by atoms with E-state index in [1.807, 2.05) is 18.2 Å². The first kappa shape index (κ1) is 19.9. The van der Waals surface area contributed by atoms with E-state index in [9.17, 15) is 14.4 Å². The van der Waals surface area contributed by atoms with Crippen LogP contribution < -0.4 is 5.32 Å². The maximum Gasteiger partial charge on any atom is 0.408 e. The standard InChI is InChI=1S/C21H20FN3O2/c1-21(2,3)27-20(26)25-18(13-24)10-14-4-6-15(7-5-14)16-8-9-17(12-23)19(22)11-16/h4-9,11,18H,10H2,1-3H3,(H,25,26). The predicted octanol–water partition coefficient (Wildman–Crippen LogP) is 4.32. The van der Waals surface area contributed by atoms with Crippen LogP contribution in [0.25, 0.3) is 11.1 Å². The molecule has 1 N–H and O–H groups in total. The van der Waals surface area contributed by atoms with Crippen molar-refractivity contribution in [2.24, 2.45) is 0 Å². The molecule has 2 aromatic rings. The highest BCUT2D eigenvalue weighted by molar-refractivity contribution is 5.68. The van der Waals surface area contributed by atoms with Crippen molar-refractivity contribution in [3.8, 4) is 23.3 Å². The molecule has 1 unspecified atom stereocenters. The fourth-order valence-corrected chi connectivity index (χ4v) is 2.43. The van der Waals surface area contributed by atoms with E-state index in [4.69, 9.17) is 10.00 Å². The normalized spacial score (nSPS) is 11.8. The van der Waals surface area contributed by atoms with Crippen molar-refractivity contribution >= 4 is 6.09 Å². The molecule has 0 aliphatic carbocycles. The number of benzene rings is 2. The summed E-state index contributed by atoms with van der Waals surface area (Å²) in [5.41, 5.74) is 1.65. The van der Waals surface area contributed by atoms with E-state index in [0.29, 0.717) is 12.0 Å². The van der Waals surface area contributed by atoms with Gasteiger partial charge in [0.05, 0.1) is 11.6 Å². The summed E-state index contributed by atoms with van der Waals surface area (Å²) in [6.07, 6.45) is -0.323. The van der Waals surface area contributed by atoms with E-state index in [1.165, 1.54) is 12.1 Å². The maximum absolute atomic E-state index is 13.8. The van der Waals surface area contributed by atoms with Crippen molar-refractivity contribution in [2.75, 3.05) is 0 Å². The van der Waals surface area contributed by atoms with E-state index < -0.39 is 23.6 Å². The van der Waals surface area contributed by atoms with Gasteiger partial charge >= 0.3 is 6.09 Å². The van der Waals surface area contributed by atoms with Gasteiger partial charge in [0.15, 0.2) is 0 Å². The molecule has 0 spiro atoms. The number of nitrogens with one attached hydrogen (secondary N) is 1. The van der Waals surface area contributed by atoms with E-state index in [2.05, 4.69) is 5.32 Å². The molecule has 1 atom stereocenters. The fourth-order valence-electron chi connectivity index (χ4n) is 2.43. The molecule has 0 aliphatic rings. The smallest absolute Gasteiger partial charge is 0.408 e. The maximum atomic E-state index is 13.8. The lowest BCUT2D eigenvalue weighted by Crippen LogP contribution is -2.39. The Kier molecular flexibility index (Phi) is 6.15. The molecule has 0 saturated carbocycles. The van der Waals surface area contributed by atoms with Crippen LogP contribution in [0.2, 0.25) is 0 Å². The monoisotopic (exact) mass is 365 g/mol.